The van der Waals surface area contributed by atoms with Crippen LogP contribution in [-0.2, 0) is 18.3 Å². The van der Waals surface area contributed by atoms with Gasteiger partial charge in [-0.25, -0.2) is 4.98 Å². The van der Waals surface area contributed by atoms with Crippen molar-refractivity contribution in [3.8, 4) is 0 Å². The molecule has 1 N–H and O–H groups in total. The Morgan fingerprint density at radius 1 is 1.39 bits per heavy atom. The molecule has 2 bridgehead atoms. The number of rotatable bonds is 5. The lowest BCUT2D eigenvalue weighted by Crippen LogP contribution is -2.42. The number of hydrogen-bond donors (Lipinski definition) is 1. The topological polar surface area (TPSA) is 59.4 Å². The Morgan fingerprint density at radius 3 is 3.04 bits per heavy atom. The van der Waals surface area contributed by atoms with Crippen LogP contribution in [-0.4, -0.2) is 51.7 Å². The zero-order valence-electron chi connectivity index (χ0n) is 16.6. The first kappa shape index (κ1) is 17.9. The molecule has 3 fully saturated rings. The van der Waals surface area contributed by atoms with E-state index in [9.17, 15) is 4.79 Å². The summed E-state index contributed by atoms with van der Waals surface area (Å²) in [6, 6.07) is 8.63. The lowest BCUT2D eigenvalue weighted by Gasteiger charge is -2.29. The highest BCUT2D eigenvalue weighted by molar-refractivity contribution is 5.92. The lowest BCUT2D eigenvalue weighted by molar-refractivity contribution is 0.00210. The average Bonchev–Trinajstić information content (AvgIpc) is 3.42. The highest BCUT2D eigenvalue weighted by Crippen LogP contribution is 2.54. The van der Waals surface area contributed by atoms with Gasteiger partial charge in [0.1, 0.15) is 5.69 Å². The van der Waals surface area contributed by atoms with Gasteiger partial charge in [-0.15, -0.1) is 0 Å². The molecular formula is C22H28N4O2. The summed E-state index contributed by atoms with van der Waals surface area (Å²) in [6.07, 6.45) is 5.96. The molecule has 6 nitrogen and oxygen atoms in total. The number of aryl methyl sites for hydroxylation is 2. The Labute approximate surface area is 165 Å². The van der Waals surface area contributed by atoms with Gasteiger partial charge in [-0.2, -0.15) is 0 Å². The summed E-state index contributed by atoms with van der Waals surface area (Å²) in [5, 5.41) is 3.11. The SMILES string of the molecule is Cc1ccccc1CN1C[C@@H]2[C@H](CNC(=O)c3cn(C)cn3)[C@H]3CC[C@]2(C1)O3. The molecule has 2 aromatic rings. The highest BCUT2D eigenvalue weighted by atomic mass is 16.5. The molecule has 3 aliphatic heterocycles. The number of hydrogen-bond acceptors (Lipinski definition) is 4. The average molecular weight is 380 g/mol. The third kappa shape index (κ3) is 2.95. The van der Waals surface area contributed by atoms with Crippen molar-refractivity contribution in [3.05, 3.63) is 53.6 Å². The number of carbonyl (C=O) groups is 1. The number of likely N-dealkylation sites (tertiary alicyclic amines) is 1. The standard InChI is InChI=1S/C22H28N4O2/c1-15-5-3-4-6-16(15)10-26-11-18-17(20-7-8-22(18,13-26)28-20)9-23-21(27)19-12-25(2)14-24-19/h3-6,12,14,17-18,20H,7-11,13H2,1-2H3,(H,23,27)/t17-,18+,20+,22+/m0/s1. The third-order valence-electron chi connectivity index (χ3n) is 6.95. The molecule has 1 aromatic carbocycles. The van der Waals surface area contributed by atoms with Crippen molar-refractivity contribution in [3.63, 3.8) is 0 Å². The Hall–Kier alpha value is -2.18. The normalized spacial score (nSPS) is 31.3. The second kappa shape index (κ2) is 6.71. The van der Waals surface area contributed by atoms with E-state index < -0.39 is 0 Å². The first-order valence-corrected chi connectivity index (χ1v) is 10.2. The van der Waals surface area contributed by atoms with E-state index in [0.29, 0.717) is 24.1 Å². The van der Waals surface area contributed by atoms with Crippen LogP contribution in [0.4, 0.5) is 0 Å². The lowest BCUT2D eigenvalue weighted by atomic mass is 9.73. The van der Waals surface area contributed by atoms with Crippen LogP contribution < -0.4 is 5.32 Å². The maximum absolute atomic E-state index is 12.4. The molecule has 6 heteroatoms. The Morgan fingerprint density at radius 2 is 2.25 bits per heavy atom. The summed E-state index contributed by atoms with van der Waals surface area (Å²) in [7, 11) is 1.87. The predicted octanol–water partition coefficient (Wildman–Crippen LogP) is 2.14. The maximum atomic E-state index is 12.4. The maximum Gasteiger partial charge on any atom is 0.271 e. The monoisotopic (exact) mass is 380 g/mol. The first-order chi connectivity index (χ1) is 13.5. The van der Waals surface area contributed by atoms with E-state index in [0.717, 1.165) is 32.5 Å². The van der Waals surface area contributed by atoms with Crippen molar-refractivity contribution >= 4 is 5.91 Å². The smallest absolute Gasteiger partial charge is 0.271 e. The third-order valence-corrected chi connectivity index (χ3v) is 6.95. The molecule has 1 aromatic heterocycles. The fourth-order valence-electron chi connectivity index (χ4n) is 5.54. The molecule has 1 amide bonds. The van der Waals surface area contributed by atoms with Gasteiger partial charge in [0.05, 0.1) is 18.0 Å². The van der Waals surface area contributed by atoms with Crippen LogP contribution in [0.1, 0.15) is 34.5 Å². The first-order valence-electron chi connectivity index (χ1n) is 10.2. The number of nitrogens with zero attached hydrogens (tertiary/aromatic N) is 3. The van der Waals surface area contributed by atoms with Crippen LogP contribution in [0.5, 0.6) is 0 Å². The van der Waals surface area contributed by atoms with Gasteiger partial charge in [0.25, 0.3) is 5.91 Å². The number of carbonyl (C=O) groups excluding carboxylic acids is 1. The molecule has 148 valence electrons. The predicted molar refractivity (Wildman–Crippen MR) is 106 cm³/mol. The van der Waals surface area contributed by atoms with Gasteiger partial charge in [-0.3, -0.25) is 9.69 Å². The minimum atomic E-state index is -0.0906. The van der Waals surface area contributed by atoms with Crippen molar-refractivity contribution in [1.82, 2.24) is 19.8 Å². The van der Waals surface area contributed by atoms with Crippen molar-refractivity contribution < 1.29 is 9.53 Å². The molecular weight excluding hydrogens is 352 g/mol. The number of aromatic nitrogens is 2. The Kier molecular flexibility index (Phi) is 4.29. The summed E-state index contributed by atoms with van der Waals surface area (Å²) in [6.45, 7) is 5.89. The molecule has 0 saturated carbocycles. The van der Waals surface area contributed by atoms with E-state index in [4.69, 9.17) is 4.74 Å². The van der Waals surface area contributed by atoms with Gasteiger partial charge in [0, 0.05) is 51.3 Å². The van der Waals surface area contributed by atoms with Crippen molar-refractivity contribution in [2.45, 2.75) is 38.0 Å². The van der Waals surface area contributed by atoms with Gasteiger partial charge < -0.3 is 14.6 Å². The quantitative estimate of drug-likeness (QED) is 0.863. The van der Waals surface area contributed by atoms with Crippen LogP contribution in [0.2, 0.25) is 0 Å². The van der Waals surface area contributed by atoms with Crippen molar-refractivity contribution in [2.24, 2.45) is 18.9 Å². The van der Waals surface area contributed by atoms with Crippen LogP contribution in [0.3, 0.4) is 0 Å². The molecule has 5 rings (SSSR count). The van der Waals surface area contributed by atoms with E-state index in [1.807, 2.05) is 7.05 Å². The number of fused-ring (bicyclic) bond motifs is 1. The summed E-state index contributed by atoms with van der Waals surface area (Å²) in [4.78, 5) is 19.1. The Balaban J connectivity index is 1.26. The number of benzene rings is 1. The summed E-state index contributed by atoms with van der Waals surface area (Å²) in [5.41, 5.74) is 3.22. The number of amides is 1. The second-order valence-corrected chi connectivity index (χ2v) is 8.76. The van der Waals surface area contributed by atoms with Crippen LogP contribution in [0, 0.1) is 18.8 Å². The van der Waals surface area contributed by atoms with Gasteiger partial charge in [-0.05, 0) is 30.9 Å². The summed E-state index contributed by atoms with van der Waals surface area (Å²) >= 11 is 0. The van der Waals surface area contributed by atoms with Crippen LogP contribution in [0.15, 0.2) is 36.8 Å². The van der Waals surface area contributed by atoms with Crippen LogP contribution in [0.25, 0.3) is 0 Å². The Bertz CT molecular complexity index is 894. The van der Waals surface area contributed by atoms with E-state index in [2.05, 4.69) is 46.4 Å². The largest absolute Gasteiger partial charge is 0.370 e. The summed E-state index contributed by atoms with van der Waals surface area (Å²) in [5.74, 6) is 0.801. The van der Waals surface area contributed by atoms with Gasteiger partial charge in [0.15, 0.2) is 0 Å². The van der Waals surface area contributed by atoms with E-state index in [1.54, 1.807) is 17.1 Å². The molecule has 3 saturated heterocycles. The molecule has 0 aliphatic carbocycles. The summed E-state index contributed by atoms with van der Waals surface area (Å²) < 4.78 is 8.32. The van der Waals surface area contributed by atoms with Gasteiger partial charge in [-0.1, -0.05) is 24.3 Å². The van der Waals surface area contributed by atoms with Crippen molar-refractivity contribution in [1.29, 1.82) is 0 Å². The van der Waals surface area contributed by atoms with Gasteiger partial charge in [0.2, 0.25) is 0 Å². The van der Waals surface area contributed by atoms with Crippen LogP contribution >= 0.6 is 0 Å². The molecule has 0 radical (unpaired) electrons. The fraction of sp³-hybridized carbons (Fsp3) is 0.545. The number of imidazole rings is 1. The number of ether oxygens (including phenoxy) is 1. The minimum Gasteiger partial charge on any atom is -0.370 e. The molecule has 3 aliphatic rings. The zero-order chi connectivity index (χ0) is 19.3. The molecule has 28 heavy (non-hydrogen) atoms. The molecule has 1 spiro atoms. The molecule has 4 atom stereocenters. The zero-order valence-corrected chi connectivity index (χ0v) is 16.6. The van der Waals surface area contributed by atoms with Crippen molar-refractivity contribution in [2.75, 3.05) is 19.6 Å². The molecule has 0 unspecified atom stereocenters. The molecule has 4 heterocycles. The van der Waals surface area contributed by atoms with Gasteiger partial charge >= 0.3 is 0 Å². The van der Waals surface area contributed by atoms with E-state index in [1.165, 1.54) is 11.1 Å². The fourth-order valence-corrected chi connectivity index (χ4v) is 5.54. The number of nitrogens with one attached hydrogen (secondary N) is 1. The van der Waals surface area contributed by atoms with E-state index in [-0.39, 0.29) is 17.6 Å². The minimum absolute atomic E-state index is 0.00621. The second-order valence-electron chi connectivity index (χ2n) is 8.76. The van der Waals surface area contributed by atoms with E-state index >= 15 is 0 Å². The highest BCUT2D eigenvalue weighted by Gasteiger charge is 2.62.